The van der Waals surface area contributed by atoms with Crippen molar-refractivity contribution in [2.24, 2.45) is 5.73 Å². The summed E-state index contributed by atoms with van der Waals surface area (Å²) in [6.07, 6.45) is 4.41. The predicted molar refractivity (Wildman–Crippen MR) is 53.8 cm³/mol. The number of carbonyl (C=O) groups is 1. The van der Waals surface area contributed by atoms with Crippen LogP contribution in [0, 0.1) is 0 Å². The van der Waals surface area contributed by atoms with Crippen molar-refractivity contribution in [1.29, 1.82) is 0 Å². The molecular weight excluding hydrogens is 165 g/mol. The third-order valence-corrected chi connectivity index (χ3v) is 2.01. The van der Waals surface area contributed by atoms with E-state index < -0.39 is 11.5 Å². The molecular formula is C9H16BNO2. The Morgan fingerprint density at radius 3 is 2.62 bits per heavy atom. The summed E-state index contributed by atoms with van der Waals surface area (Å²) < 4.78 is 0. The fraction of sp³-hybridized carbons (Fsp3) is 0.667. The molecule has 0 aromatic rings. The van der Waals surface area contributed by atoms with Gasteiger partial charge in [0, 0.05) is 0 Å². The van der Waals surface area contributed by atoms with Gasteiger partial charge in [-0.15, -0.1) is 6.58 Å². The Labute approximate surface area is 80.4 Å². The fourth-order valence-corrected chi connectivity index (χ4v) is 1.14. The van der Waals surface area contributed by atoms with E-state index in [-0.39, 0.29) is 0 Å². The Morgan fingerprint density at radius 1 is 1.62 bits per heavy atom. The van der Waals surface area contributed by atoms with E-state index in [1.54, 1.807) is 0 Å². The van der Waals surface area contributed by atoms with Crippen molar-refractivity contribution in [2.45, 2.75) is 37.5 Å². The Hall–Kier alpha value is -0.765. The fourth-order valence-electron chi connectivity index (χ4n) is 1.14. The first-order valence-corrected chi connectivity index (χ1v) is 4.40. The van der Waals surface area contributed by atoms with E-state index in [0.717, 1.165) is 12.8 Å². The molecule has 2 radical (unpaired) electrons. The second-order valence-corrected chi connectivity index (χ2v) is 3.20. The van der Waals surface area contributed by atoms with Crippen LogP contribution in [0.2, 0.25) is 6.32 Å². The van der Waals surface area contributed by atoms with Crippen LogP contribution in [0.3, 0.4) is 0 Å². The number of hydrogen-bond acceptors (Lipinski definition) is 2. The molecule has 0 amide bonds. The quantitative estimate of drug-likeness (QED) is 0.351. The van der Waals surface area contributed by atoms with Gasteiger partial charge in [-0.1, -0.05) is 25.2 Å². The standard InChI is InChI=1S/C9H16BNO2/c1-2-5-9(11,8(12)13)6-3-4-7-10/h2H,1,3-7,11H2,(H,12,13)/t9-/m0/s1. The van der Waals surface area contributed by atoms with Gasteiger partial charge in [0.05, 0.1) is 7.85 Å². The van der Waals surface area contributed by atoms with Crippen LogP contribution in [-0.2, 0) is 4.79 Å². The largest absolute Gasteiger partial charge is 0.480 e. The summed E-state index contributed by atoms with van der Waals surface area (Å²) >= 11 is 0. The molecule has 0 spiro atoms. The number of carboxylic acids is 1. The first kappa shape index (κ1) is 12.2. The maximum absolute atomic E-state index is 10.8. The van der Waals surface area contributed by atoms with E-state index in [0.29, 0.717) is 19.2 Å². The normalized spacial score (nSPS) is 14.8. The molecule has 0 heterocycles. The molecule has 0 aromatic carbocycles. The van der Waals surface area contributed by atoms with E-state index >= 15 is 0 Å². The molecule has 3 N–H and O–H groups in total. The second-order valence-electron chi connectivity index (χ2n) is 3.20. The van der Waals surface area contributed by atoms with Crippen LogP contribution in [0.4, 0.5) is 0 Å². The van der Waals surface area contributed by atoms with Gasteiger partial charge in [-0.2, -0.15) is 0 Å². The summed E-state index contributed by atoms with van der Waals surface area (Å²) in [5.41, 5.74) is 4.52. The highest BCUT2D eigenvalue weighted by atomic mass is 16.4. The molecule has 0 saturated heterocycles. The SMILES string of the molecule is [B]CCCC[C@@](N)(CC=C)C(=O)O. The first-order valence-electron chi connectivity index (χ1n) is 4.40. The highest BCUT2D eigenvalue weighted by Crippen LogP contribution is 2.17. The number of unbranched alkanes of at least 4 members (excludes halogenated alkanes) is 1. The predicted octanol–water partition coefficient (Wildman–Crippen LogP) is 1.10. The van der Waals surface area contributed by atoms with Crippen LogP contribution >= 0.6 is 0 Å². The molecule has 0 unspecified atom stereocenters. The number of nitrogens with two attached hydrogens (primary N) is 1. The lowest BCUT2D eigenvalue weighted by Gasteiger charge is -2.22. The van der Waals surface area contributed by atoms with Crippen LogP contribution in [0.15, 0.2) is 12.7 Å². The summed E-state index contributed by atoms with van der Waals surface area (Å²) in [7, 11) is 5.30. The van der Waals surface area contributed by atoms with E-state index in [9.17, 15) is 4.79 Å². The lowest BCUT2D eigenvalue weighted by atomic mass is 9.88. The Kier molecular flexibility index (Phi) is 5.47. The van der Waals surface area contributed by atoms with Crippen LogP contribution < -0.4 is 5.73 Å². The summed E-state index contributed by atoms with van der Waals surface area (Å²) in [5.74, 6) is -0.968. The van der Waals surface area contributed by atoms with Crippen molar-refractivity contribution in [3.63, 3.8) is 0 Å². The van der Waals surface area contributed by atoms with E-state index in [2.05, 4.69) is 6.58 Å². The first-order chi connectivity index (χ1) is 6.06. The Morgan fingerprint density at radius 2 is 2.23 bits per heavy atom. The van der Waals surface area contributed by atoms with Gasteiger partial charge in [0.2, 0.25) is 0 Å². The molecule has 0 aliphatic heterocycles. The van der Waals surface area contributed by atoms with E-state index in [1.165, 1.54) is 6.08 Å². The third-order valence-electron chi connectivity index (χ3n) is 2.01. The molecule has 72 valence electrons. The van der Waals surface area contributed by atoms with E-state index in [1.807, 2.05) is 0 Å². The van der Waals surface area contributed by atoms with Gasteiger partial charge in [-0.3, -0.25) is 4.79 Å². The van der Waals surface area contributed by atoms with Crippen molar-refractivity contribution in [1.82, 2.24) is 0 Å². The molecule has 0 fully saturated rings. The number of aliphatic carboxylic acids is 1. The average molecular weight is 181 g/mol. The highest BCUT2D eigenvalue weighted by molar-refractivity contribution is 6.08. The average Bonchev–Trinajstić information content (AvgIpc) is 2.05. The van der Waals surface area contributed by atoms with Crippen molar-refractivity contribution >= 4 is 13.8 Å². The maximum atomic E-state index is 10.8. The highest BCUT2D eigenvalue weighted by Gasteiger charge is 2.31. The molecule has 1 atom stereocenters. The van der Waals surface area contributed by atoms with Gasteiger partial charge in [0.15, 0.2) is 0 Å². The van der Waals surface area contributed by atoms with Gasteiger partial charge in [-0.05, 0) is 12.8 Å². The molecule has 0 rings (SSSR count). The van der Waals surface area contributed by atoms with Crippen molar-refractivity contribution in [3.05, 3.63) is 12.7 Å². The number of carboxylic acid groups (broad SMARTS) is 1. The summed E-state index contributed by atoms with van der Waals surface area (Å²) in [6, 6.07) is 0. The van der Waals surface area contributed by atoms with E-state index in [4.69, 9.17) is 18.7 Å². The van der Waals surface area contributed by atoms with Gasteiger partial charge in [0.1, 0.15) is 5.54 Å². The summed E-state index contributed by atoms with van der Waals surface area (Å²) in [4.78, 5) is 10.8. The van der Waals surface area contributed by atoms with Crippen molar-refractivity contribution < 1.29 is 9.90 Å². The van der Waals surface area contributed by atoms with Crippen LogP contribution in [0.25, 0.3) is 0 Å². The van der Waals surface area contributed by atoms with Gasteiger partial charge in [-0.25, -0.2) is 0 Å². The maximum Gasteiger partial charge on any atom is 0.323 e. The topological polar surface area (TPSA) is 63.3 Å². The summed E-state index contributed by atoms with van der Waals surface area (Å²) in [6.45, 7) is 3.49. The Balaban J connectivity index is 4.07. The smallest absolute Gasteiger partial charge is 0.323 e. The van der Waals surface area contributed by atoms with Crippen LogP contribution in [0.5, 0.6) is 0 Å². The van der Waals surface area contributed by atoms with Gasteiger partial charge >= 0.3 is 5.97 Å². The molecule has 0 aliphatic rings. The minimum atomic E-state index is -1.16. The summed E-state index contributed by atoms with van der Waals surface area (Å²) in [5, 5.41) is 8.86. The second kappa shape index (κ2) is 5.81. The molecule has 3 nitrogen and oxygen atoms in total. The monoisotopic (exact) mass is 181 g/mol. The minimum Gasteiger partial charge on any atom is -0.480 e. The van der Waals surface area contributed by atoms with Gasteiger partial charge in [0.25, 0.3) is 0 Å². The molecule has 4 heteroatoms. The minimum absolute atomic E-state index is 0.299. The zero-order valence-electron chi connectivity index (χ0n) is 7.83. The lowest BCUT2D eigenvalue weighted by Crippen LogP contribution is -2.47. The molecule has 13 heavy (non-hydrogen) atoms. The lowest BCUT2D eigenvalue weighted by molar-refractivity contribution is -0.143. The molecule has 0 saturated carbocycles. The molecule has 0 aromatic heterocycles. The zero-order chi connectivity index (χ0) is 10.3. The zero-order valence-corrected chi connectivity index (χ0v) is 7.83. The van der Waals surface area contributed by atoms with Gasteiger partial charge < -0.3 is 10.8 Å². The molecule has 0 bridgehead atoms. The number of rotatable bonds is 7. The Bertz CT molecular complexity index is 184. The van der Waals surface area contributed by atoms with Crippen molar-refractivity contribution in [2.75, 3.05) is 0 Å². The number of hydrogen-bond donors (Lipinski definition) is 2. The third kappa shape index (κ3) is 4.13. The van der Waals surface area contributed by atoms with Crippen LogP contribution in [0.1, 0.15) is 25.7 Å². The van der Waals surface area contributed by atoms with Crippen LogP contribution in [-0.4, -0.2) is 24.5 Å². The molecule has 0 aliphatic carbocycles. The van der Waals surface area contributed by atoms with Crippen molar-refractivity contribution in [3.8, 4) is 0 Å².